The van der Waals surface area contributed by atoms with Crippen LogP contribution in [-0.2, 0) is 0 Å². The van der Waals surface area contributed by atoms with Crippen molar-refractivity contribution in [3.05, 3.63) is 48.2 Å². The number of aromatic nitrogens is 1. The highest BCUT2D eigenvalue weighted by atomic mass is 16.5. The molecule has 0 fully saturated rings. The van der Waals surface area contributed by atoms with E-state index in [1.807, 2.05) is 18.2 Å². The minimum Gasteiger partial charge on any atom is -0.481 e. The third-order valence-electron chi connectivity index (χ3n) is 2.45. The van der Waals surface area contributed by atoms with Crippen molar-refractivity contribution < 1.29 is 9.53 Å². The van der Waals surface area contributed by atoms with Gasteiger partial charge in [0.1, 0.15) is 0 Å². The highest BCUT2D eigenvalue weighted by molar-refractivity contribution is 5.99. The lowest BCUT2D eigenvalue weighted by Crippen LogP contribution is -2.12. The summed E-state index contributed by atoms with van der Waals surface area (Å²) < 4.78 is 4.98. The standard InChI is InChI=1S/C13H12N2O2/c1-17-12-7-6-9(8-15-12)10-4-2-3-5-11(10)13(14)16/h2-8H,1H3,(H2,14,16). The molecule has 2 aromatic rings. The summed E-state index contributed by atoms with van der Waals surface area (Å²) in [4.78, 5) is 15.4. The lowest BCUT2D eigenvalue weighted by atomic mass is 10.0. The minimum absolute atomic E-state index is 0.448. The average molecular weight is 228 g/mol. The number of ether oxygens (including phenoxy) is 1. The number of amides is 1. The lowest BCUT2D eigenvalue weighted by Gasteiger charge is -2.06. The van der Waals surface area contributed by atoms with E-state index in [2.05, 4.69) is 4.98 Å². The number of pyridine rings is 1. The summed E-state index contributed by atoms with van der Waals surface area (Å²) >= 11 is 0. The molecule has 0 aliphatic carbocycles. The molecule has 4 nitrogen and oxygen atoms in total. The molecule has 0 saturated heterocycles. The van der Waals surface area contributed by atoms with E-state index in [1.54, 1.807) is 31.5 Å². The van der Waals surface area contributed by atoms with Crippen molar-refractivity contribution in [3.63, 3.8) is 0 Å². The number of methoxy groups -OCH3 is 1. The predicted molar refractivity (Wildman–Crippen MR) is 64.7 cm³/mol. The Morgan fingerprint density at radius 2 is 2.00 bits per heavy atom. The summed E-state index contributed by atoms with van der Waals surface area (Å²) in [6.07, 6.45) is 1.65. The molecule has 17 heavy (non-hydrogen) atoms. The van der Waals surface area contributed by atoms with Crippen LogP contribution in [0.5, 0.6) is 5.88 Å². The fraction of sp³-hybridized carbons (Fsp3) is 0.0769. The Morgan fingerprint density at radius 3 is 2.59 bits per heavy atom. The number of nitrogens with zero attached hydrogens (tertiary/aromatic N) is 1. The minimum atomic E-state index is -0.448. The maximum absolute atomic E-state index is 11.3. The zero-order valence-electron chi connectivity index (χ0n) is 9.38. The fourth-order valence-corrected chi connectivity index (χ4v) is 1.61. The van der Waals surface area contributed by atoms with Gasteiger partial charge in [0.15, 0.2) is 0 Å². The molecular weight excluding hydrogens is 216 g/mol. The second kappa shape index (κ2) is 4.65. The van der Waals surface area contributed by atoms with Crippen molar-refractivity contribution in [1.29, 1.82) is 0 Å². The zero-order chi connectivity index (χ0) is 12.3. The molecular formula is C13H12N2O2. The van der Waals surface area contributed by atoms with Crippen LogP contribution in [0.25, 0.3) is 11.1 Å². The smallest absolute Gasteiger partial charge is 0.249 e. The quantitative estimate of drug-likeness (QED) is 0.871. The van der Waals surface area contributed by atoms with Gasteiger partial charge in [-0.15, -0.1) is 0 Å². The largest absolute Gasteiger partial charge is 0.481 e. The summed E-state index contributed by atoms with van der Waals surface area (Å²) in [6.45, 7) is 0. The Morgan fingerprint density at radius 1 is 1.24 bits per heavy atom. The first kappa shape index (κ1) is 11.1. The number of carbonyl (C=O) groups is 1. The molecule has 1 amide bonds. The summed E-state index contributed by atoms with van der Waals surface area (Å²) in [6, 6.07) is 10.7. The van der Waals surface area contributed by atoms with Gasteiger partial charge in [0, 0.05) is 23.4 Å². The van der Waals surface area contributed by atoms with E-state index in [-0.39, 0.29) is 0 Å². The molecule has 1 aromatic heterocycles. The van der Waals surface area contributed by atoms with Gasteiger partial charge in [0.2, 0.25) is 11.8 Å². The molecule has 0 aliphatic rings. The third-order valence-corrected chi connectivity index (χ3v) is 2.45. The van der Waals surface area contributed by atoms with Crippen molar-refractivity contribution in [1.82, 2.24) is 4.98 Å². The van der Waals surface area contributed by atoms with E-state index >= 15 is 0 Å². The van der Waals surface area contributed by atoms with Crippen LogP contribution in [0.2, 0.25) is 0 Å². The Balaban J connectivity index is 2.48. The highest BCUT2D eigenvalue weighted by Gasteiger charge is 2.09. The van der Waals surface area contributed by atoms with Crippen LogP contribution in [0.4, 0.5) is 0 Å². The molecule has 0 aliphatic heterocycles. The van der Waals surface area contributed by atoms with Gasteiger partial charge in [0.25, 0.3) is 0 Å². The highest BCUT2D eigenvalue weighted by Crippen LogP contribution is 2.23. The monoisotopic (exact) mass is 228 g/mol. The van der Waals surface area contributed by atoms with Gasteiger partial charge in [-0.1, -0.05) is 18.2 Å². The number of carbonyl (C=O) groups excluding carboxylic acids is 1. The lowest BCUT2D eigenvalue weighted by molar-refractivity contribution is 0.100. The van der Waals surface area contributed by atoms with Crippen molar-refractivity contribution >= 4 is 5.91 Å². The Labute approximate surface area is 99.1 Å². The van der Waals surface area contributed by atoms with E-state index in [1.165, 1.54) is 0 Å². The van der Waals surface area contributed by atoms with Gasteiger partial charge in [0.05, 0.1) is 7.11 Å². The van der Waals surface area contributed by atoms with Gasteiger partial charge >= 0.3 is 0 Å². The normalized spacial score (nSPS) is 9.94. The molecule has 2 rings (SSSR count). The van der Waals surface area contributed by atoms with Crippen LogP contribution in [0.1, 0.15) is 10.4 Å². The number of hydrogen-bond donors (Lipinski definition) is 1. The SMILES string of the molecule is COc1ccc(-c2ccccc2C(N)=O)cn1. The molecule has 0 bridgehead atoms. The summed E-state index contributed by atoms with van der Waals surface area (Å²) in [7, 11) is 1.55. The summed E-state index contributed by atoms with van der Waals surface area (Å²) in [5, 5.41) is 0. The van der Waals surface area contributed by atoms with Gasteiger partial charge in [-0.2, -0.15) is 0 Å². The van der Waals surface area contributed by atoms with Gasteiger partial charge in [-0.05, 0) is 17.7 Å². The second-order valence-electron chi connectivity index (χ2n) is 3.50. The molecule has 86 valence electrons. The fourth-order valence-electron chi connectivity index (χ4n) is 1.61. The molecule has 0 spiro atoms. The van der Waals surface area contributed by atoms with E-state index in [4.69, 9.17) is 10.5 Å². The van der Waals surface area contributed by atoms with Crippen LogP contribution in [0.15, 0.2) is 42.6 Å². The molecule has 0 unspecified atom stereocenters. The molecule has 0 atom stereocenters. The molecule has 0 radical (unpaired) electrons. The van der Waals surface area contributed by atoms with Crippen molar-refractivity contribution in [2.45, 2.75) is 0 Å². The van der Waals surface area contributed by atoms with E-state index in [0.717, 1.165) is 11.1 Å². The number of benzene rings is 1. The van der Waals surface area contributed by atoms with Gasteiger partial charge in [-0.25, -0.2) is 4.98 Å². The maximum atomic E-state index is 11.3. The second-order valence-corrected chi connectivity index (χ2v) is 3.50. The molecule has 1 aromatic carbocycles. The van der Waals surface area contributed by atoms with Gasteiger partial charge < -0.3 is 10.5 Å². The number of rotatable bonds is 3. The van der Waals surface area contributed by atoms with Crippen molar-refractivity contribution in [2.75, 3.05) is 7.11 Å². The molecule has 2 N–H and O–H groups in total. The third kappa shape index (κ3) is 2.25. The number of nitrogens with two attached hydrogens (primary N) is 1. The predicted octanol–water partition coefficient (Wildman–Crippen LogP) is 1.86. The van der Waals surface area contributed by atoms with Crippen LogP contribution in [-0.4, -0.2) is 18.0 Å². The first-order valence-corrected chi connectivity index (χ1v) is 5.11. The number of hydrogen-bond acceptors (Lipinski definition) is 3. The van der Waals surface area contributed by atoms with Crippen LogP contribution < -0.4 is 10.5 Å². The molecule has 0 saturated carbocycles. The van der Waals surface area contributed by atoms with Crippen LogP contribution >= 0.6 is 0 Å². The average Bonchev–Trinajstić information content (AvgIpc) is 2.39. The van der Waals surface area contributed by atoms with Crippen LogP contribution in [0, 0.1) is 0 Å². The van der Waals surface area contributed by atoms with Crippen LogP contribution in [0.3, 0.4) is 0 Å². The van der Waals surface area contributed by atoms with Gasteiger partial charge in [-0.3, -0.25) is 4.79 Å². The Bertz CT molecular complexity index is 535. The molecule has 1 heterocycles. The van der Waals surface area contributed by atoms with E-state index in [9.17, 15) is 4.79 Å². The zero-order valence-corrected chi connectivity index (χ0v) is 9.38. The number of primary amides is 1. The Hall–Kier alpha value is -2.36. The molecule has 4 heteroatoms. The van der Waals surface area contributed by atoms with E-state index < -0.39 is 5.91 Å². The van der Waals surface area contributed by atoms with Crippen molar-refractivity contribution in [2.24, 2.45) is 5.73 Å². The van der Waals surface area contributed by atoms with E-state index in [0.29, 0.717) is 11.4 Å². The summed E-state index contributed by atoms with van der Waals surface area (Å²) in [5.41, 5.74) is 7.42. The topological polar surface area (TPSA) is 65.2 Å². The Kier molecular flexibility index (Phi) is 3.05. The summed E-state index contributed by atoms with van der Waals surface area (Å²) in [5.74, 6) is 0.0849. The first-order valence-electron chi connectivity index (χ1n) is 5.11. The first-order chi connectivity index (χ1) is 8.22. The maximum Gasteiger partial charge on any atom is 0.249 e. The van der Waals surface area contributed by atoms with Crippen molar-refractivity contribution in [3.8, 4) is 17.0 Å².